The highest BCUT2D eigenvalue weighted by Crippen LogP contribution is 2.59. The molecule has 17 heavy (non-hydrogen) atoms. The van der Waals surface area contributed by atoms with Crippen LogP contribution in [0.15, 0.2) is 0 Å². The van der Waals surface area contributed by atoms with E-state index in [0.717, 1.165) is 31.0 Å². The van der Waals surface area contributed by atoms with Crippen LogP contribution in [0.25, 0.3) is 0 Å². The van der Waals surface area contributed by atoms with Crippen molar-refractivity contribution < 1.29 is 14.7 Å². The van der Waals surface area contributed by atoms with Crippen molar-refractivity contribution in [1.29, 1.82) is 0 Å². The fraction of sp³-hybridized carbons (Fsp3) is 0.833. The number of carbonyl (C=O) groups is 2. The third-order valence-corrected chi connectivity index (χ3v) is 4.94. The minimum absolute atomic E-state index is 0.0462. The van der Waals surface area contributed by atoms with E-state index in [0.29, 0.717) is 0 Å². The van der Waals surface area contributed by atoms with Gasteiger partial charge in [0.1, 0.15) is 0 Å². The van der Waals surface area contributed by atoms with Gasteiger partial charge in [-0.2, -0.15) is 11.8 Å². The van der Waals surface area contributed by atoms with Crippen molar-refractivity contribution in [2.24, 2.45) is 17.3 Å². The van der Waals surface area contributed by atoms with Crippen LogP contribution in [0.1, 0.15) is 20.3 Å². The largest absolute Gasteiger partial charge is 0.481 e. The number of rotatable bonds is 2. The third kappa shape index (κ3) is 2.30. The molecular formula is C12H19NO3S. The zero-order valence-electron chi connectivity index (χ0n) is 10.3. The fourth-order valence-electron chi connectivity index (χ4n) is 2.72. The van der Waals surface area contributed by atoms with Crippen molar-refractivity contribution in [3.8, 4) is 0 Å². The summed E-state index contributed by atoms with van der Waals surface area (Å²) in [5.74, 6) is 0.466. The Morgan fingerprint density at radius 3 is 2.53 bits per heavy atom. The van der Waals surface area contributed by atoms with E-state index in [1.165, 1.54) is 0 Å². The summed E-state index contributed by atoms with van der Waals surface area (Å²) in [5.41, 5.74) is -0.373. The van der Waals surface area contributed by atoms with E-state index in [9.17, 15) is 9.59 Å². The lowest BCUT2D eigenvalue weighted by Gasteiger charge is -2.20. The molecule has 4 nitrogen and oxygen atoms in total. The molecule has 0 aromatic rings. The van der Waals surface area contributed by atoms with E-state index in [4.69, 9.17) is 5.11 Å². The molecule has 1 aliphatic carbocycles. The van der Waals surface area contributed by atoms with Crippen LogP contribution in [0.4, 0.5) is 0 Å². The van der Waals surface area contributed by atoms with E-state index >= 15 is 0 Å². The van der Waals surface area contributed by atoms with Gasteiger partial charge in [-0.3, -0.25) is 9.59 Å². The molecule has 5 heteroatoms. The minimum Gasteiger partial charge on any atom is -0.481 e. The monoisotopic (exact) mass is 257 g/mol. The van der Waals surface area contributed by atoms with Crippen molar-refractivity contribution in [2.75, 3.05) is 24.6 Å². The van der Waals surface area contributed by atoms with Crippen LogP contribution in [0.2, 0.25) is 0 Å². The number of aliphatic carboxylic acids is 1. The maximum absolute atomic E-state index is 12.3. The Bertz CT molecular complexity index is 335. The first-order valence-electron chi connectivity index (χ1n) is 6.05. The van der Waals surface area contributed by atoms with Gasteiger partial charge >= 0.3 is 5.97 Å². The summed E-state index contributed by atoms with van der Waals surface area (Å²) >= 11 is 1.87. The highest BCUT2D eigenvalue weighted by molar-refractivity contribution is 7.99. The van der Waals surface area contributed by atoms with E-state index < -0.39 is 11.9 Å². The molecule has 0 bridgehead atoms. The first-order valence-corrected chi connectivity index (χ1v) is 7.21. The first kappa shape index (κ1) is 12.7. The normalized spacial score (nSPS) is 31.8. The molecule has 0 spiro atoms. The van der Waals surface area contributed by atoms with E-state index in [-0.39, 0.29) is 17.2 Å². The molecule has 0 radical (unpaired) electrons. The molecular weight excluding hydrogens is 238 g/mol. The molecule has 0 aromatic carbocycles. The molecule has 1 heterocycles. The Morgan fingerprint density at radius 2 is 1.94 bits per heavy atom. The Hall–Kier alpha value is -0.710. The summed E-state index contributed by atoms with van der Waals surface area (Å²) in [6, 6.07) is 0. The molecule has 0 unspecified atom stereocenters. The lowest BCUT2D eigenvalue weighted by atomic mass is 10.1. The summed E-state index contributed by atoms with van der Waals surface area (Å²) in [6.07, 6.45) is 1.02. The van der Waals surface area contributed by atoms with Crippen LogP contribution in [-0.2, 0) is 9.59 Å². The fourth-order valence-corrected chi connectivity index (χ4v) is 3.61. The van der Waals surface area contributed by atoms with Crippen molar-refractivity contribution in [3.63, 3.8) is 0 Å². The van der Waals surface area contributed by atoms with Gasteiger partial charge in [-0.1, -0.05) is 13.8 Å². The SMILES string of the molecule is CC1(C)[C@H](C(=O)O)[C@@H]1C(=O)N1CCCSCC1. The molecule has 1 aliphatic heterocycles. The van der Waals surface area contributed by atoms with Crippen LogP contribution in [-0.4, -0.2) is 46.5 Å². The van der Waals surface area contributed by atoms with Gasteiger partial charge in [-0.15, -0.1) is 0 Å². The van der Waals surface area contributed by atoms with E-state index in [1.807, 2.05) is 30.5 Å². The summed E-state index contributed by atoms with van der Waals surface area (Å²) in [5, 5.41) is 9.09. The van der Waals surface area contributed by atoms with E-state index in [1.54, 1.807) is 0 Å². The third-order valence-electron chi connectivity index (χ3n) is 3.89. The molecule has 1 amide bonds. The highest BCUT2D eigenvalue weighted by atomic mass is 32.2. The zero-order chi connectivity index (χ0) is 12.6. The standard InChI is InChI=1S/C12H19NO3S/c1-12(2)8(9(12)11(15)16)10(14)13-4-3-6-17-7-5-13/h8-9H,3-7H2,1-2H3,(H,15,16)/t8-,9+/m1/s1. The van der Waals surface area contributed by atoms with Gasteiger partial charge in [0.15, 0.2) is 0 Å². The highest BCUT2D eigenvalue weighted by Gasteiger charge is 2.66. The van der Waals surface area contributed by atoms with Crippen LogP contribution in [0.5, 0.6) is 0 Å². The summed E-state index contributed by atoms with van der Waals surface area (Å²) in [7, 11) is 0. The van der Waals surface area contributed by atoms with Crippen LogP contribution in [0.3, 0.4) is 0 Å². The van der Waals surface area contributed by atoms with Gasteiger partial charge in [0.05, 0.1) is 11.8 Å². The van der Waals surface area contributed by atoms with Crippen molar-refractivity contribution in [1.82, 2.24) is 4.90 Å². The molecule has 1 N–H and O–H groups in total. The van der Waals surface area contributed by atoms with Gasteiger partial charge < -0.3 is 10.0 Å². The molecule has 96 valence electrons. The molecule has 2 atom stereocenters. The predicted molar refractivity (Wildman–Crippen MR) is 66.9 cm³/mol. The average Bonchev–Trinajstić information content (AvgIpc) is 2.90. The minimum atomic E-state index is -0.836. The van der Waals surface area contributed by atoms with Gasteiger partial charge in [0, 0.05) is 18.8 Å². The number of amides is 1. The Labute approximate surface area is 106 Å². The second-order valence-corrected chi connectivity index (χ2v) is 6.63. The molecule has 2 fully saturated rings. The number of carbonyl (C=O) groups excluding carboxylic acids is 1. The summed E-state index contributed by atoms with van der Waals surface area (Å²) in [4.78, 5) is 25.2. The smallest absolute Gasteiger partial charge is 0.307 e. The quantitative estimate of drug-likeness (QED) is 0.810. The lowest BCUT2D eigenvalue weighted by Crippen LogP contribution is -2.35. The van der Waals surface area contributed by atoms with Crippen molar-refractivity contribution in [3.05, 3.63) is 0 Å². The predicted octanol–water partition coefficient (Wildman–Crippen LogP) is 1.31. The van der Waals surface area contributed by atoms with Gasteiger partial charge in [-0.05, 0) is 17.6 Å². The van der Waals surface area contributed by atoms with E-state index in [2.05, 4.69) is 0 Å². The zero-order valence-corrected chi connectivity index (χ0v) is 11.1. The first-order chi connectivity index (χ1) is 7.96. The molecule has 0 aromatic heterocycles. The molecule has 1 saturated carbocycles. The average molecular weight is 257 g/mol. The number of thioether (sulfide) groups is 1. The van der Waals surface area contributed by atoms with Crippen molar-refractivity contribution >= 4 is 23.6 Å². The van der Waals surface area contributed by atoms with Gasteiger partial charge in [-0.25, -0.2) is 0 Å². The summed E-state index contributed by atoms with van der Waals surface area (Å²) in [6.45, 7) is 5.30. The number of hydrogen-bond donors (Lipinski definition) is 1. The van der Waals surface area contributed by atoms with Gasteiger partial charge in [0.25, 0.3) is 0 Å². The number of carboxylic acids is 1. The number of carboxylic acid groups (broad SMARTS) is 1. The van der Waals surface area contributed by atoms with Crippen LogP contribution < -0.4 is 0 Å². The topological polar surface area (TPSA) is 57.6 Å². The molecule has 2 aliphatic rings. The summed E-state index contributed by atoms with van der Waals surface area (Å²) < 4.78 is 0. The second-order valence-electron chi connectivity index (χ2n) is 5.41. The maximum atomic E-state index is 12.3. The van der Waals surface area contributed by atoms with Crippen LogP contribution in [0, 0.1) is 17.3 Å². The second kappa shape index (κ2) is 4.52. The van der Waals surface area contributed by atoms with Crippen LogP contribution >= 0.6 is 11.8 Å². The Kier molecular flexibility index (Phi) is 3.39. The van der Waals surface area contributed by atoms with Gasteiger partial charge in [0.2, 0.25) is 5.91 Å². The Balaban J connectivity index is 2.03. The molecule has 1 saturated heterocycles. The Morgan fingerprint density at radius 1 is 1.24 bits per heavy atom. The van der Waals surface area contributed by atoms with Crippen molar-refractivity contribution in [2.45, 2.75) is 20.3 Å². The number of nitrogens with zero attached hydrogens (tertiary/aromatic N) is 1. The maximum Gasteiger partial charge on any atom is 0.307 e. The number of hydrogen-bond acceptors (Lipinski definition) is 3. The lowest BCUT2D eigenvalue weighted by molar-refractivity contribution is -0.142. The molecule has 2 rings (SSSR count).